The van der Waals surface area contributed by atoms with E-state index >= 15 is 0 Å². The van der Waals surface area contributed by atoms with Crippen LogP contribution in [0.25, 0.3) is 6.08 Å². The SMILES string of the molecule is C/C=C/c1cccc(C(=O)N2CCC(CC(=O)Nc3ccccc3)CC2)c1. The fourth-order valence-electron chi connectivity index (χ4n) is 3.49. The quantitative estimate of drug-likeness (QED) is 0.845. The van der Waals surface area contributed by atoms with Crippen molar-refractivity contribution in [2.75, 3.05) is 18.4 Å². The highest BCUT2D eigenvalue weighted by Gasteiger charge is 2.25. The Morgan fingerprint density at radius 2 is 1.81 bits per heavy atom. The van der Waals surface area contributed by atoms with E-state index in [0.717, 1.165) is 29.7 Å². The van der Waals surface area contributed by atoms with E-state index in [1.165, 1.54) is 0 Å². The van der Waals surface area contributed by atoms with Gasteiger partial charge in [0.1, 0.15) is 0 Å². The Labute approximate surface area is 160 Å². The maximum absolute atomic E-state index is 12.7. The minimum Gasteiger partial charge on any atom is -0.339 e. The molecule has 0 atom stereocenters. The van der Waals surface area contributed by atoms with Crippen LogP contribution >= 0.6 is 0 Å². The fraction of sp³-hybridized carbons (Fsp3) is 0.304. The molecule has 1 heterocycles. The Morgan fingerprint density at radius 1 is 1.07 bits per heavy atom. The molecular weight excluding hydrogens is 336 g/mol. The zero-order valence-electron chi connectivity index (χ0n) is 15.7. The second-order valence-electron chi connectivity index (χ2n) is 6.98. The van der Waals surface area contributed by atoms with Crippen molar-refractivity contribution in [1.29, 1.82) is 0 Å². The summed E-state index contributed by atoms with van der Waals surface area (Å²) < 4.78 is 0. The van der Waals surface area contributed by atoms with Crippen LogP contribution in [0.2, 0.25) is 0 Å². The van der Waals surface area contributed by atoms with Crippen molar-refractivity contribution in [3.05, 3.63) is 71.8 Å². The van der Waals surface area contributed by atoms with Gasteiger partial charge in [0.2, 0.25) is 5.91 Å². The van der Waals surface area contributed by atoms with E-state index in [1.807, 2.05) is 78.6 Å². The third kappa shape index (κ3) is 5.30. The summed E-state index contributed by atoms with van der Waals surface area (Å²) in [6.07, 6.45) is 6.20. The van der Waals surface area contributed by atoms with Gasteiger partial charge in [-0.25, -0.2) is 0 Å². The molecule has 2 aromatic carbocycles. The molecule has 2 amide bonds. The molecule has 0 aromatic heterocycles. The largest absolute Gasteiger partial charge is 0.339 e. The molecule has 4 nitrogen and oxygen atoms in total. The number of nitrogens with one attached hydrogen (secondary N) is 1. The van der Waals surface area contributed by atoms with E-state index in [9.17, 15) is 9.59 Å². The number of anilines is 1. The molecule has 1 aliphatic rings. The predicted molar refractivity (Wildman–Crippen MR) is 109 cm³/mol. The number of benzene rings is 2. The minimum atomic E-state index is 0.0463. The van der Waals surface area contributed by atoms with Gasteiger partial charge in [-0.15, -0.1) is 0 Å². The summed E-state index contributed by atoms with van der Waals surface area (Å²) in [6, 6.07) is 17.2. The molecule has 140 valence electrons. The summed E-state index contributed by atoms with van der Waals surface area (Å²) in [7, 11) is 0. The molecule has 1 saturated heterocycles. The molecule has 2 aromatic rings. The van der Waals surface area contributed by atoms with Gasteiger partial charge in [-0.2, -0.15) is 0 Å². The van der Waals surface area contributed by atoms with Crippen molar-refractivity contribution in [2.24, 2.45) is 5.92 Å². The Balaban J connectivity index is 1.50. The van der Waals surface area contributed by atoms with Crippen LogP contribution < -0.4 is 5.32 Å². The second kappa shape index (κ2) is 9.17. The molecule has 3 rings (SSSR count). The molecule has 0 unspecified atom stereocenters. The van der Waals surface area contributed by atoms with Crippen LogP contribution in [0.15, 0.2) is 60.7 Å². The number of carbonyl (C=O) groups excluding carboxylic acids is 2. The summed E-state index contributed by atoms with van der Waals surface area (Å²) >= 11 is 0. The lowest BCUT2D eigenvalue weighted by molar-refractivity contribution is -0.117. The highest BCUT2D eigenvalue weighted by molar-refractivity contribution is 5.95. The number of likely N-dealkylation sites (tertiary alicyclic amines) is 1. The lowest BCUT2D eigenvalue weighted by atomic mass is 9.92. The summed E-state index contributed by atoms with van der Waals surface area (Å²) in [6.45, 7) is 3.37. The van der Waals surface area contributed by atoms with Crippen molar-refractivity contribution >= 4 is 23.6 Å². The molecule has 1 N–H and O–H groups in total. The Kier molecular flexibility index (Phi) is 6.42. The van der Waals surface area contributed by atoms with E-state index in [0.29, 0.717) is 25.4 Å². The maximum Gasteiger partial charge on any atom is 0.253 e. The first kappa shape index (κ1) is 18.9. The Morgan fingerprint density at radius 3 is 2.52 bits per heavy atom. The number of amides is 2. The average Bonchev–Trinajstić information content (AvgIpc) is 2.69. The van der Waals surface area contributed by atoms with E-state index in [1.54, 1.807) is 0 Å². The van der Waals surface area contributed by atoms with E-state index in [4.69, 9.17) is 0 Å². The van der Waals surface area contributed by atoms with Gasteiger partial charge in [0.15, 0.2) is 0 Å². The molecule has 4 heteroatoms. The molecule has 0 saturated carbocycles. The van der Waals surface area contributed by atoms with Crippen LogP contribution in [-0.4, -0.2) is 29.8 Å². The van der Waals surface area contributed by atoms with Gasteiger partial charge in [-0.05, 0) is 55.5 Å². The van der Waals surface area contributed by atoms with Crippen molar-refractivity contribution in [3.8, 4) is 0 Å². The normalized spacial score (nSPS) is 15.1. The van der Waals surface area contributed by atoms with Crippen LogP contribution in [-0.2, 0) is 4.79 Å². The third-order valence-corrected chi connectivity index (χ3v) is 4.93. The van der Waals surface area contributed by atoms with Crippen LogP contribution in [0.5, 0.6) is 0 Å². The van der Waals surface area contributed by atoms with Crippen molar-refractivity contribution in [3.63, 3.8) is 0 Å². The smallest absolute Gasteiger partial charge is 0.253 e. The molecule has 0 radical (unpaired) electrons. The average molecular weight is 362 g/mol. The van der Waals surface area contributed by atoms with Crippen molar-refractivity contribution < 1.29 is 9.59 Å². The minimum absolute atomic E-state index is 0.0463. The molecule has 1 fully saturated rings. The third-order valence-electron chi connectivity index (χ3n) is 4.93. The Hall–Kier alpha value is -2.88. The van der Waals surface area contributed by atoms with E-state index in [2.05, 4.69) is 5.32 Å². The van der Waals surface area contributed by atoms with Gasteiger partial charge in [-0.1, -0.05) is 42.5 Å². The van der Waals surface area contributed by atoms with E-state index < -0.39 is 0 Å². The zero-order valence-corrected chi connectivity index (χ0v) is 15.7. The van der Waals surface area contributed by atoms with Gasteiger partial charge in [0.25, 0.3) is 5.91 Å². The summed E-state index contributed by atoms with van der Waals surface area (Å²) in [5.74, 6) is 0.450. The molecule has 0 bridgehead atoms. The molecule has 27 heavy (non-hydrogen) atoms. The van der Waals surface area contributed by atoms with Gasteiger partial charge < -0.3 is 10.2 Å². The molecule has 0 aliphatic carbocycles. The number of para-hydroxylation sites is 1. The molecule has 1 aliphatic heterocycles. The number of piperidine rings is 1. The van der Waals surface area contributed by atoms with Crippen LogP contribution in [0.1, 0.15) is 42.1 Å². The monoisotopic (exact) mass is 362 g/mol. The Bertz CT molecular complexity index is 806. The lowest BCUT2D eigenvalue weighted by Crippen LogP contribution is -2.39. The highest BCUT2D eigenvalue weighted by atomic mass is 16.2. The number of allylic oxidation sites excluding steroid dienone is 1. The topological polar surface area (TPSA) is 49.4 Å². The first-order valence-corrected chi connectivity index (χ1v) is 9.52. The van der Waals surface area contributed by atoms with Crippen molar-refractivity contribution in [2.45, 2.75) is 26.2 Å². The molecular formula is C23H26N2O2. The van der Waals surface area contributed by atoms with Crippen molar-refractivity contribution in [1.82, 2.24) is 4.90 Å². The number of hydrogen-bond acceptors (Lipinski definition) is 2. The number of carbonyl (C=O) groups is 2. The summed E-state index contributed by atoms with van der Waals surface area (Å²) in [5, 5.41) is 2.94. The number of nitrogens with zero attached hydrogens (tertiary/aromatic N) is 1. The van der Waals surface area contributed by atoms with E-state index in [-0.39, 0.29) is 11.8 Å². The fourth-order valence-corrected chi connectivity index (χ4v) is 3.49. The maximum atomic E-state index is 12.7. The van der Waals surface area contributed by atoms with Crippen LogP contribution in [0.4, 0.5) is 5.69 Å². The van der Waals surface area contributed by atoms with Gasteiger partial charge in [-0.3, -0.25) is 9.59 Å². The highest BCUT2D eigenvalue weighted by Crippen LogP contribution is 2.23. The van der Waals surface area contributed by atoms with Crippen LogP contribution in [0, 0.1) is 5.92 Å². The first-order valence-electron chi connectivity index (χ1n) is 9.52. The zero-order chi connectivity index (χ0) is 19.1. The molecule has 0 spiro atoms. The van der Waals surface area contributed by atoms with Gasteiger partial charge in [0, 0.05) is 30.8 Å². The second-order valence-corrected chi connectivity index (χ2v) is 6.98. The summed E-state index contributed by atoms with van der Waals surface area (Å²) in [5.41, 5.74) is 2.60. The standard InChI is InChI=1S/C23H26N2O2/c1-2-7-18-8-6-9-20(16-18)23(27)25-14-12-19(13-15-25)17-22(26)24-21-10-4-3-5-11-21/h2-11,16,19H,12-15,17H2,1H3,(H,24,26)/b7-2+. The van der Waals surface area contributed by atoms with Gasteiger partial charge >= 0.3 is 0 Å². The van der Waals surface area contributed by atoms with Crippen LogP contribution in [0.3, 0.4) is 0 Å². The number of hydrogen-bond donors (Lipinski definition) is 1. The first-order chi connectivity index (χ1) is 13.2. The lowest BCUT2D eigenvalue weighted by Gasteiger charge is -2.32. The van der Waals surface area contributed by atoms with Gasteiger partial charge in [0.05, 0.1) is 0 Å². The summed E-state index contributed by atoms with van der Waals surface area (Å²) in [4.78, 5) is 26.9. The predicted octanol–water partition coefficient (Wildman–Crippen LogP) is 4.60. The number of rotatable bonds is 5.